The van der Waals surface area contributed by atoms with Crippen LogP contribution in [0.5, 0.6) is 5.75 Å². The molecule has 0 saturated carbocycles. The second kappa shape index (κ2) is 10.0. The van der Waals surface area contributed by atoms with E-state index in [1.54, 1.807) is 12.1 Å². The second-order valence-electron chi connectivity index (χ2n) is 8.44. The molecule has 3 aromatic carbocycles. The maximum atomic E-state index is 13.4. The molecule has 1 aromatic heterocycles. The van der Waals surface area contributed by atoms with Crippen LogP contribution in [-0.2, 0) is 13.1 Å². The highest BCUT2D eigenvalue weighted by Crippen LogP contribution is 2.36. The van der Waals surface area contributed by atoms with Crippen molar-refractivity contribution in [1.29, 1.82) is 0 Å². The highest BCUT2D eigenvalue weighted by Gasteiger charge is 2.19. The Morgan fingerprint density at radius 1 is 1.00 bits per heavy atom. The van der Waals surface area contributed by atoms with Gasteiger partial charge in [-0.2, -0.15) is 0 Å². The van der Waals surface area contributed by atoms with Crippen LogP contribution >= 0.6 is 0 Å². The Kier molecular flexibility index (Phi) is 6.90. The van der Waals surface area contributed by atoms with Gasteiger partial charge in [0, 0.05) is 35.6 Å². The summed E-state index contributed by atoms with van der Waals surface area (Å²) in [4.78, 5) is 12.4. The number of rotatable bonds is 9. The molecular formula is C28H29FN2O2. The van der Waals surface area contributed by atoms with Crippen LogP contribution in [0.2, 0.25) is 0 Å². The number of hydrogen-bond acceptors (Lipinski definition) is 3. The molecule has 1 heterocycles. The average molecular weight is 445 g/mol. The van der Waals surface area contributed by atoms with Gasteiger partial charge in [-0.05, 0) is 60.0 Å². The van der Waals surface area contributed by atoms with Crippen molar-refractivity contribution >= 4 is 17.2 Å². The van der Waals surface area contributed by atoms with E-state index in [4.69, 9.17) is 4.74 Å². The van der Waals surface area contributed by atoms with Gasteiger partial charge in [0.1, 0.15) is 11.6 Å². The van der Waals surface area contributed by atoms with Crippen molar-refractivity contribution in [3.05, 3.63) is 89.4 Å². The fraction of sp³-hybridized carbons (Fsp3) is 0.250. The summed E-state index contributed by atoms with van der Waals surface area (Å²) in [5, 5.41) is 4.48. The molecule has 170 valence electrons. The van der Waals surface area contributed by atoms with E-state index in [9.17, 15) is 9.18 Å². The molecule has 0 radical (unpaired) electrons. The van der Waals surface area contributed by atoms with Crippen molar-refractivity contribution in [1.82, 2.24) is 9.88 Å². The number of nitrogens with one attached hydrogen (secondary N) is 1. The Labute approximate surface area is 194 Å². The standard InChI is InChI=1S/C28H29FN2O2/c1-4-33-24-12-8-22(9-13-24)28-25-15-21(16-30-19(2)3)7-14-26(25)31(27(28)18-32)17-20-5-10-23(29)11-6-20/h5-15,18-19,30H,4,16-17H2,1-3H3. The maximum Gasteiger partial charge on any atom is 0.167 e. The van der Waals surface area contributed by atoms with Crippen molar-refractivity contribution in [2.45, 2.75) is 39.9 Å². The Morgan fingerprint density at radius 2 is 1.70 bits per heavy atom. The van der Waals surface area contributed by atoms with E-state index in [2.05, 4.69) is 37.4 Å². The molecule has 0 fully saturated rings. The first kappa shape index (κ1) is 22.7. The molecule has 4 aromatic rings. The molecule has 0 spiro atoms. The molecule has 4 rings (SSSR count). The topological polar surface area (TPSA) is 43.3 Å². The molecule has 0 bridgehead atoms. The lowest BCUT2D eigenvalue weighted by Gasteiger charge is -2.10. The minimum atomic E-state index is -0.274. The fourth-order valence-corrected chi connectivity index (χ4v) is 4.11. The quantitative estimate of drug-likeness (QED) is 0.312. The largest absolute Gasteiger partial charge is 0.494 e. The first-order valence-corrected chi connectivity index (χ1v) is 11.3. The van der Waals surface area contributed by atoms with Crippen molar-refractivity contribution < 1.29 is 13.9 Å². The van der Waals surface area contributed by atoms with Gasteiger partial charge in [0.15, 0.2) is 6.29 Å². The predicted octanol–water partition coefficient (Wildman–Crippen LogP) is 6.20. The fourth-order valence-electron chi connectivity index (χ4n) is 4.11. The normalized spacial score (nSPS) is 11.3. The second-order valence-corrected chi connectivity index (χ2v) is 8.44. The average Bonchev–Trinajstić information content (AvgIpc) is 3.12. The molecule has 0 atom stereocenters. The minimum Gasteiger partial charge on any atom is -0.494 e. The molecule has 33 heavy (non-hydrogen) atoms. The van der Waals surface area contributed by atoms with Crippen molar-refractivity contribution in [3.8, 4) is 16.9 Å². The van der Waals surface area contributed by atoms with Crippen LogP contribution in [0.1, 0.15) is 42.4 Å². The molecule has 1 N–H and O–H groups in total. The van der Waals surface area contributed by atoms with Gasteiger partial charge < -0.3 is 14.6 Å². The first-order valence-electron chi connectivity index (χ1n) is 11.3. The minimum absolute atomic E-state index is 0.274. The van der Waals surface area contributed by atoms with Crippen molar-refractivity contribution in [2.24, 2.45) is 0 Å². The summed E-state index contributed by atoms with van der Waals surface area (Å²) < 4.78 is 21.0. The number of benzene rings is 3. The Hall–Kier alpha value is -3.44. The Balaban J connectivity index is 1.87. The van der Waals surface area contributed by atoms with Gasteiger partial charge in [-0.25, -0.2) is 4.39 Å². The van der Waals surface area contributed by atoms with E-state index in [1.807, 2.05) is 35.8 Å². The number of aromatic nitrogens is 1. The molecule has 0 aliphatic rings. The number of hydrogen-bond donors (Lipinski definition) is 1. The van der Waals surface area contributed by atoms with Crippen LogP contribution in [0.25, 0.3) is 22.0 Å². The molecule has 0 aliphatic carbocycles. The van der Waals surface area contributed by atoms with Crippen LogP contribution in [-0.4, -0.2) is 23.5 Å². The number of carbonyl (C=O) groups is 1. The lowest BCUT2D eigenvalue weighted by atomic mass is 10.0. The zero-order chi connectivity index (χ0) is 23.4. The summed E-state index contributed by atoms with van der Waals surface area (Å²) in [5.41, 5.74) is 5.51. The summed E-state index contributed by atoms with van der Waals surface area (Å²) in [5.74, 6) is 0.523. The highest BCUT2D eigenvalue weighted by molar-refractivity contribution is 6.05. The van der Waals surface area contributed by atoms with E-state index in [0.29, 0.717) is 24.9 Å². The van der Waals surface area contributed by atoms with Crippen LogP contribution in [0.3, 0.4) is 0 Å². The van der Waals surface area contributed by atoms with E-state index in [0.717, 1.165) is 51.7 Å². The number of halogens is 1. The molecule has 0 aliphatic heterocycles. The zero-order valence-electron chi connectivity index (χ0n) is 19.3. The van der Waals surface area contributed by atoms with Crippen molar-refractivity contribution in [3.63, 3.8) is 0 Å². The monoisotopic (exact) mass is 444 g/mol. The zero-order valence-corrected chi connectivity index (χ0v) is 19.3. The van der Waals surface area contributed by atoms with E-state index >= 15 is 0 Å². The van der Waals surface area contributed by atoms with E-state index < -0.39 is 0 Å². The van der Waals surface area contributed by atoms with Gasteiger partial charge in [0.25, 0.3) is 0 Å². The SMILES string of the molecule is CCOc1ccc(-c2c(C=O)n(Cc3ccc(F)cc3)c3ccc(CNC(C)C)cc23)cc1. The number of nitrogens with zero attached hydrogens (tertiary/aromatic N) is 1. The maximum absolute atomic E-state index is 13.4. The molecule has 0 amide bonds. The lowest BCUT2D eigenvalue weighted by Crippen LogP contribution is -2.21. The number of ether oxygens (including phenoxy) is 1. The lowest BCUT2D eigenvalue weighted by molar-refractivity contribution is 0.111. The number of carbonyl (C=O) groups excluding carboxylic acids is 1. The van der Waals surface area contributed by atoms with Crippen LogP contribution < -0.4 is 10.1 Å². The summed E-state index contributed by atoms with van der Waals surface area (Å²) in [6.07, 6.45) is 0.918. The van der Waals surface area contributed by atoms with E-state index in [-0.39, 0.29) is 5.82 Å². The van der Waals surface area contributed by atoms with Gasteiger partial charge in [-0.1, -0.05) is 44.2 Å². The summed E-state index contributed by atoms with van der Waals surface area (Å²) in [7, 11) is 0. The van der Waals surface area contributed by atoms with Gasteiger partial charge in [-0.15, -0.1) is 0 Å². The van der Waals surface area contributed by atoms with Crippen LogP contribution in [0.15, 0.2) is 66.7 Å². The number of fused-ring (bicyclic) bond motifs is 1. The smallest absolute Gasteiger partial charge is 0.167 e. The highest BCUT2D eigenvalue weighted by atomic mass is 19.1. The first-order chi connectivity index (χ1) is 16.0. The third kappa shape index (κ3) is 4.99. The van der Waals surface area contributed by atoms with E-state index in [1.165, 1.54) is 12.1 Å². The summed E-state index contributed by atoms with van der Waals surface area (Å²) in [6, 6.07) is 21.0. The summed E-state index contributed by atoms with van der Waals surface area (Å²) in [6.45, 7) is 8.01. The third-order valence-corrected chi connectivity index (χ3v) is 5.70. The predicted molar refractivity (Wildman–Crippen MR) is 131 cm³/mol. The molecule has 4 nitrogen and oxygen atoms in total. The van der Waals surface area contributed by atoms with Gasteiger partial charge in [-0.3, -0.25) is 4.79 Å². The Bertz CT molecular complexity index is 1240. The number of aldehydes is 1. The molecule has 5 heteroatoms. The molecule has 0 saturated heterocycles. The summed E-state index contributed by atoms with van der Waals surface area (Å²) >= 11 is 0. The van der Waals surface area contributed by atoms with Gasteiger partial charge >= 0.3 is 0 Å². The molecular weight excluding hydrogens is 415 g/mol. The molecule has 0 unspecified atom stereocenters. The van der Waals surface area contributed by atoms with Crippen molar-refractivity contribution in [2.75, 3.05) is 6.61 Å². The Morgan fingerprint density at radius 3 is 2.33 bits per heavy atom. The third-order valence-electron chi connectivity index (χ3n) is 5.70. The van der Waals surface area contributed by atoms with Gasteiger partial charge in [0.2, 0.25) is 0 Å². The van der Waals surface area contributed by atoms with Gasteiger partial charge in [0.05, 0.1) is 12.3 Å². The van der Waals surface area contributed by atoms with Crippen LogP contribution in [0.4, 0.5) is 4.39 Å². The van der Waals surface area contributed by atoms with Crippen LogP contribution in [0, 0.1) is 5.82 Å².